The Kier molecular flexibility index (Phi) is 3.79. The normalized spacial score (nSPS) is 18.4. The van der Waals surface area contributed by atoms with E-state index in [9.17, 15) is 9.59 Å². The quantitative estimate of drug-likeness (QED) is 0.897. The minimum Gasteiger partial charge on any atom is -0.348 e. The predicted molar refractivity (Wildman–Crippen MR) is 79.8 cm³/mol. The van der Waals surface area contributed by atoms with Gasteiger partial charge >= 0.3 is 0 Å². The molecule has 2 aromatic heterocycles. The Morgan fingerprint density at radius 2 is 2.23 bits per heavy atom. The third-order valence-electron chi connectivity index (χ3n) is 3.96. The molecule has 7 nitrogen and oxygen atoms in total. The number of pyridine rings is 1. The van der Waals surface area contributed by atoms with E-state index in [4.69, 9.17) is 0 Å². The molecular formula is C15H19N5O2. The van der Waals surface area contributed by atoms with E-state index in [-0.39, 0.29) is 30.2 Å². The van der Waals surface area contributed by atoms with E-state index in [2.05, 4.69) is 15.5 Å². The van der Waals surface area contributed by atoms with Gasteiger partial charge in [0, 0.05) is 25.2 Å². The fourth-order valence-electron chi connectivity index (χ4n) is 2.73. The Labute approximate surface area is 128 Å². The number of carbonyl (C=O) groups is 2. The number of rotatable bonds is 4. The van der Waals surface area contributed by atoms with Crippen molar-refractivity contribution in [3.8, 4) is 0 Å². The van der Waals surface area contributed by atoms with E-state index in [1.54, 1.807) is 4.90 Å². The van der Waals surface area contributed by atoms with Gasteiger partial charge in [-0.05, 0) is 26.0 Å². The summed E-state index contributed by atoms with van der Waals surface area (Å²) in [5.74, 6) is 0.329. The molecule has 0 saturated carbocycles. The maximum absolute atomic E-state index is 12.2. The van der Waals surface area contributed by atoms with Gasteiger partial charge in [-0.3, -0.25) is 14.0 Å². The highest BCUT2D eigenvalue weighted by molar-refractivity contribution is 5.89. The lowest BCUT2D eigenvalue weighted by atomic mass is 10.1. The fourth-order valence-corrected chi connectivity index (χ4v) is 2.73. The molecule has 0 spiro atoms. The third kappa shape index (κ3) is 2.66. The molecule has 116 valence electrons. The number of nitrogens with zero attached hydrogens (tertiary/aromatic N) is 4. The average molecular weight is 301 g/mol. The molecule has 1 atom stereocenters. The Bertz CT molecular complexity index is 709. The van der Waals surface area contributed by atoms with E-state index in [0.717, 1.165) is 5.65 Å². The van der Waals surface area contributed by atoms with Crippen molar-refractivity contribution in [2.45, 2.75) is 32.9 Å². The van der Waals surface area contributed by atoms with Crippen molar-refractivity contribution >= 4 is 17.5 Å². The van der Waals surface area contributed by atoms with Crippen LogP contribution in [0.25, 0.3) is 5.65 Å². The summed E-state index contributed by atoms with van der Waals surface area (Å²) in [5.41, 5.74) is 0.744. The van der Waals surface area contributed by atoms with Gasteiger partial charge in [-0.15, -0.1) is 10.2 Å². The molecule has 0 aliphatic carbocycles. The first-order valence-electron chi connectivity index (χ1n) is 7.42. The molecule has 3 heterocycles. The highest BCUT2D eigenvalue weighted by atomic mass is 16.2. The van der Waals surface area contributed by atoms with Crippen molar-refractivity contribution < 1.29 is 9.59 Å². The Morgan fingerprint density at radius 1 is 1.41 bits per heavy atom. The number of hydrogen-bond donors (Lipinski definition) is 1. The summed E-state index contributed by atoms with van der Waals surface area (Å²) in [6, 6.07) is 5.76. The molecule has 1 N–H and O–H groups in total. The van der Waals surface area contributed by atoms with Crippen molar-refractivity contribution in [1.82, 2.24) is 24.8 Å². The van der Waals surface area contributed by atoms with Crippen LogP contribution in [-0.2, 0) is 16.1 Å². The van der Waals surface area contributed by atoms with Gasteiger partial charge in [-0.1, -0.05) is 6.07 Å². The highest BCUT2D eigenvalue weighted by Crippen LogP contribution is 2.20. The van der Waals surface area contributed by atoms with Gasteiger partial charge in [0.2, 0.25) is 11.8 Å². The van der Waals surface area contributed by atoms with Gasteiger partial charge < -0.3 is 10.2 Å². The van der Waals surface area contributed by atoms with Crippen LogP contribution in [0.1, 0.15) is 26.1 Å². The maximum Gasteiger partial charge on any atom is 0.225 e. The molecule has 3 rings (SSSR count). The van der Waals surface area contributed by atoms with Crippen LogP contribution in [-0.4, -0.2) is 43.9 Å². The largest absolute Gasteiger partial charge is 0.348 e. The zero-order valence-electron chi connectivity index (χ0n) is 12.7. The molecule has 0 bridgehead atoms. The zero-order chi connectivity index (χ0) is 15.7. The molecule has 1 aliphatic heterocycles. The highest BCUT2D eigenvalue weighted by Gasteiger charge is 2.35. The van der Waals surface area contributed by atoms with Crippen LogP contribution >= 0.6 is 0 Å². The first-order chi connectivity index (χ1) is 10.6. The fraction of sp³-hybridized carbons (Fsp3) is 0.467. The summed E-state index contributed by atoms with van der Waals surface area (Å²) in [6.07, 6.45) is 2.14. The van der Waals surface area contributed by atoms with E-state index in [1.165, 1.54) is 0 Å². The first kappa shape index (κ1) is 14.5. The standard InChI is InChI=1S/C15H19N5O2/c1-10(2)20-9-11(7-14(20)21)15(22)16-8-13-18-17-12-5-3-4-6-19(12)13/h3-6,10-11H,7-9H2,1-2H3,(H,16,22)/t11-/m0/s1. The third-order valence-corrected chi connectivity index (χ3v) is 3.96. The lowest BCUT2D eigenvalue weighted by Crippen LogP contribution is -2.35. The van der Waals surface area contributed by atoms with Crippen molar-refractivity contribution in [1.29, 1.82) is 0 Å². The topological polar surface area (TPSA) is 79.6 Å². The van der Waals surface area contributed by atoms with Crippen LogP contribution < -0.4 is 5.32 Å². The number of carbonyl (C=O) groups excluding carboxylic acids is 2. The van der Waals surface area contributed by atoms with E-state index >= 15 is 0 Å². The van der Waals surface area contributed by atoms with Gasteiger partial charge in [-0.25, -0.2) is 0 Å². The predicted octanol–water partition coefficient (Wildman–Crippen LogP) is 0.602. The monoisotopic (exact) mass is 301 g/mol. The first-order valence-corrected chi connectivity index (χ1v) is 7.42. The van der Waals surface area contributed by atoms with Crippen LogP contribution in [0.4, 0.5) is 0 Å². The van der Waals surface area contributed by atoms with E-state index < -0.39 is 0 Å². The molecule has 2 amide bonds. The molecule has 1 aliphatic rings. The van der Waals surface area contributed by atoms with Gasteiger partial charge in [0.1, 0.15) is 0 Å². The number of likely N-dealkylation sites (tertiary alicyclic amines) is 1. The Hall–Kier alpha value is -2.44. The van der Waals surface area contributed by atoms with E-state index in [0.29, 0.717) is 18.9 Å². The molecule has 0 radical (unpaired) electrons. The molecule has 0 unspecified atom stereocenters. The number of nitrogens with one attached hydrogen (secondary N) is 1. The maximum atomic E-state index is 12.2. The van der Waals surface area contributed by atoms with Crippen LogP contribution in [0.15, 0.2) is 24.4 Å². The smallest absolute Gasteiger partial charge is 0.225 e. The minimum atomic E-state index is -0.283. The molecule has 1 saturated heterocycles. The minimum absolute atomic E-state index is 0.0445. The summed E-state index contributed by atoms with van der Waals surface area (Å²) in [7, 11) is 0. The Morgan fingerprint density at radius 3 is 2.95 bits per heavy atom. The second kappa shape index (κ2) is 5.75. The van der Waals surface area contributed by atoms with Gasteiger partial charge in [0.25, 0.3) is 0 Å². The molecule has 1 fully saturated rings. The molecule has 2 aromatic rings. The molecule has 22 heavy (non-hydrogen) atoms. The van der Waals surface area contributed by atoms with Crippen molar-refractivity contribution in [2.75, 3.05) is 6.54 Å². The van der Waals surface area contributed by atoms with Crippen molar-refractivity contribution in [3.05, 3.63) is 30.2 Å². The molecular weight excluding hydrogens is 282 g/mol. The van der Waals surface area contributed by atoms with Crippen LogP contribution in [0.5, 0.6) is 0 Å². The summed E-state index contributed by atoms with van der Waals surface area (Å²) in [4.78, 5) is 25.8. The lowest BCUT2D eigenvalue weighted by Gasteiger charge is -2.20. The van der Waals surface area contributed by atoms with Gasteiger partial charge in [-0.2, -0.15) is 0 Å². The summed E-state index contributed by atoms with van der Waals surface area (Å²) in [6.45, 7) is 4.71. The summed E-state index contributed by atoms with van der Waals surface area (Å²) >= 11 is 0. The van der Waals surface area contributed by atoms with Crippen LogP contribution in [0, 0.1) is 5.92 Å². The van der Waals surface area contributed by atoms with Crippen LogP contribution in [0.3, 0.4) is 0 Å². The average Bonchev–Trinajstić information content (AvgIpc) is 3.08. The van der Waals surface area contributed by atoms with E-state index in [1.807, 2.05) is 42.6 Å². The van der Waals surface area contributed by atoms with Crippen molar-refractivity contribution in [2.24, 2.45) is 5.92 Å². The number of amides is 2. The molecule has 0 aromatic carbocycles. The van der Waals surface area contributed by atoms with Crippen LogP contribution in [0.2, 0.25) is 0 Å². The number of aromatic nitrogens is 3. The number of hydrogen-bond acceptors (Lipinski definition) is 4. The second-order valence-corrected chi connectivity index (χ2v) is 5.80. The van der Waals surface area contributed by atoms with Crippen molar-refractivity contribution in [3.63, 3.8) is 0 Å². The summed E-state index contributed by atoms with van der Waals surface area (Å²) in [5, 5.41) is 11.0. The SMILES string of the molecule is CC(C)N1C[C@@H](C(=O)NCc2nnc3ccccn23)CC1=O. The number of fused-ring (bicyclic) bond motifs is 1. The van der Waals surface area contributed by atoms with Gasteiger partial charge in [0.05, 0.1) is 12.5 Å². The second-order valence-electron chi connectivity index (χ2n) is 5.80. The Balaban J connectivity index is 1.62. The zero-order valence-corrected chi connectivity index (χ0v) is 12.7. The summed E-state index contributed by atoms with van der Waals surface area (Å²) < 4.78 is 1.83. The lowest BCUT2D eigenvalue weighted by molar-refractivity contribution is -0.130. The molecule has 7 heteroatoms. The van der Waals surface area contributed by atoms with Gasteiger partial charge in [0.15, 0.2) is 11.5 Å².